The van der Waals surface area contributed by atoms with Crippen molar-refractivity contribution in [2.45, 2.75) is 46.6 Å². The minimum Gasteiger partial charge on any atom is -0.507 e. The molecule has 194 valence electrons. The van der Waals surface area contributed by atoms with Gasteiger partial charge in [0.1, 0.15) is 22.3 Å². The van der Waals surface area contributed by atoms with Crippen molar-refractivity contribution >= 4 is 33.9 Å². The molecular formula is C28H31N3O5S. The highest BCUT2D eigenvalue weighted by Crippen LogP contribution is 2.43. The molecule has 4 rings (SSSR count). The molecule has 1 atom stereocenters. The van der Waals surface area contributed by atoms with Gasteiger partial charge < -0.3 is 14.6 Å². The van der Waals surface area contributed by atoms with Crippen molar-refractivity contribution in [1.29, 1.82) is 0 Å². The molecule has 1 aromatic heterocycles. The third kappa shape index (κ3) is 5.83. The summed E-state index contributed by atoms with van der Waals surface area (Å²) in [4.78, 5) is 27.9. The number of aliphatic hydroxyl groups is 1. The lowest BCUT2D eigenvalue weighted by molar-refractivity contribution is -0.132. The number of rotatable bonds is 10. The van der Waals surface area contributed by atoms with Crippen LogP contribution in [0.25, 0.3) is 5.76 Å². The van der Waals surface area contributed by atoms with Gasteiger partial charge in [0.2, 0.25) is 5.13 Å². The van der Waals surface area contributed by atoms with Crippen molar-refractivity contribution in [1.82, 2.24) is 10.2 Å². The first kappa shape index (κ1) is 26.3. The zero-order valence-electron chi connectivity index (χ0n) is 21.4. The van der Waals surface area contributed by atoms with Gasteiger partial charge in [-0.3, -0.25) is 14.5 Å². The molecule has 8 nitrogen and oxygen atoms in total. The molecule has 2 heterocycles. The highest BCUT2D eigenvalue weighted by Gasteiger charge is 2.48. The summed E-state index contributed by atoms with van der Waals surface area (Å²) in [7, 11) is 0. The van der Waals surface area contributed by atoms with E-state index in [9.17, 15) is 14.7 Å². The molecule has 0 aliphatic carbocycles. The molecule has 0 radical (unpaired) electrons. The second kappa shape index (κ2) is 11.6. The number of aromatic nitrogens is 2. The van der Waals surface area contributed by atoms with Crippen molar-refractivity contribution in [3.8, 4) is 11.5 Å². The predicted molar refractivity (Wildman–Crippen MR) is 143 cm³/mol. The molecule has 1 amide bonds. The number of benzene rings is 2. The Bertz CT molecular complexity index is 1300. The van der Waals surface area contributed by atoms with Crippen LogP contribution in [0.1, 0.15) is 55.8 Å². The number of anilines is 1. The first-order valence-corrected chi connectivity index (χ1v) is 13.2. The lowest BCUT2D eigenvalue weighted by Crippen LogP contribution is -2.29. The van der Waals surface area contributed by atoms with E-state index in [1.165, 1.54) is 16.2 Å². The maximum atomic E-state index is 13.3. The van der Waals surface area contributed by atoms with E-state index >= 15 is 0 Å². The third-order valence-corrected chi connectivity index (χ3v) is 6.74. The number of carbonyl (C=O) groups is 2. The van der Waals surface area contributed by atoms with Crippen LogP contribution in [0.5, 0.6) is 11.5 Å². The summed E-state index contributed by atoms with van der Waals surface area (Å²) in [5, 5.41) is 20.4. The minimum absolute atomic E-state index is 0.0144. The normalized spacial score (nSPS) is 17.0. The Labute approximate surface area is 220 Å². The molecule has 3 aromatic rings. The maximum Gasteiger partial charge on any atom is 0.301 e. The average molecular weight is 522 g/mol. The lowest BCUT2D eigenvalue weighted by atomic mass is 9.95. The minimum atomic E-state index is -0.892. The Balaban J connectivity index is 1.78. The highest BCUT2D eigenvalue weighted by atomic mass is 32.1. The van der Waals surface area contributed by atoms with Gasteiger partial charge in [-0.1, -0.05) is 44.2 Å². The number of nitrogens with zero attached hydrogens (tertiary/aromatic N) is 3. The quantitative estimate of drug-likeness (QED) is 0.208. The number of carbonyl (C=O) groups excluding carboxylic acids is 2. The van der Waals surface area contributed by atoms with E-state index in [0.29, 0.717) is 46.8 Å². The van der Waals surface area contributed by atoms with Crippen LogP contribution in [0.4, 0.5) is 5.13 Å². The molecular weight excluding hydrogens is 490 g/mol. The van der Waals surface area contributed by atoms with E-state index in [-0.39, 0.29) is 16.5 Å². The second-order valence-electron chi connectivity index (χ2n) is 9.25. The van der Waals surface area contributed by atoms with Crippen LogP contribution in [0.3, 0.4) is 0 Å². The van der Waals surface area contributed by atoms with Gasteiger partial charge in [0.05, 0.1) is 24.8 Å². The Kier molecular flexibility index (Phi) is 8.23. The summed E-state index contributed by atoms with van der Waals surface area (Å²) in [5.74, 6) is -0.0417. The van der Waals surface area contributed by atoms with Gasteiger partial charge in [0.15, 0.2) is 0 Å². The van der Waals surface area contributed by atoms with Crippen LogP contribution in [0.15, 0.2) is 54.1 Å². The summed E-state index contributed by atoms with van der Waals surface area (Å²) in [6.07, 6.45) is 1.77. The number of hydrogen-bond donors (Lipinski definition) is 1. The van der Waals surface area contributed by atoms with Crippen LogP contribution in [-0.4, -0.2) is 40.2 Å². The molecule has 2 aromatic carbocycles. The average Bonchev–Trinajstić information content (AvgIpc) is 3.42. The summed E-state index contributed by atoms with van der Waals surface area (Å²) in [6.45, 7) is 9.16. The van der Waals surface area contributed by atoms with E-state index in [1.54, 1.807) is 37.3 Å². The van der Waals surface area contributed by atoms with Crippen LogP contribution in [-0.2, 0) is 9.59 Å². The molecule has 0 saturated carbocycles. The number of amides is 1. The smallest absolute Gasteiger partial charge is 0.301 e. The second-order valence-corrected chi connectivity index (χ2v) is 10.4. The van der Waals surface area contributed by atoms with Crippen LogP contribution >= 0.6 is 11.3 Å². The standard InChI is InChI=1S/C28H31N3O5S/c1-5-14-35-21-11-9-19(10-12-21)25(32)23-24(20-7-6-8-22(16-20)36-15-13-17(2)3)31(27(34)26(23)33)28-30-29-18(4)37-28/h6-12,16-17,24,32H,5,13-15H2,1-4H3. The van der Waals surface area contributed by atoms with Gasteiger partial charge in [-0.2, -0.15) is 0 Å². The fourth-order valence-corrected chi connectivity index (χ4v) is 4.71. The van der Waals surface area contributed by atoms with Crippen molar-refractivity contribution in [3.05, 3.63) is 70.2 Å². The number of Topliss-reactive ketones (excluding diaryl/α,β-unsaturated/α-hetero) is 1. The Morgan fingerprint density at radius 3 is 2.43 bits per heavy atom. The molecule has 9 heteroatoms. The summed E-state index contributed by atoms with van der Waals surface area (Å²) < 4.78 is 11.6. The summed E-state index contributed by atoms with van der Waals surface area (Å²) >= 11 is 1.21. The first-order valence-electron chi connectivity index (χ1n) is 12.4. The van der Waals surface area contributed by atoms with Gasteiger partial charge in [-0.05, 0) is 67.6 Å². The fourth-order valence-electron chi connectivity index (χ4n) is 4.00. The number of aryl methyl sites for hydroxylation is 1. The van der Waals surface area contributed by atoms with Gasteiger partial charge in [0, 0.05) is 5.56 Å². The molecule has 0 bridgehead atoms. The number of aliphatic hydroxyl groups excluding tert-OH is 1. The van der Waals surface area contributed by atoms with Gasteiger partial charge in [-0.25, -0.2) is 0 Å². The molecule has 0 spiro atoms. The molecule has 1 unspecified atom stereocenters. The van der Waals surface area contributed by atoms with E-state index < -0.39 is 17.7 Å². The van der Waals surface area contributed by atoms with Crippen molar-refractivity contribution < 1.29 is 24.2 Å². The van der Waals surface area contributed by atoms with Crippen LogP contribution in [0.2, 0.25) is 0 Å². The maximum absolute atomic E-state index is 13.3. The highest BCUT2D eigenvalue weighted by molar-refractivity contribution is 7.15. The van der Waals surface area contributed by atoms with E-state index in [2.05, 4.69) is 24.0 Å². The Morgan fingerprint density at radius 1 is 1.05 bits per heavy atom. The number of ketones is 1. The van der Waals surface area contributed by atoms with E-state index in [0.717, 1.165) is 12.8 Å². The van der Waals surface area contributed by atoms with Crippen molar-refractivity contribution in [2.24, 2.45) is 5.92 Å². The molecule has 1 fully saturated rings. The first-order chi connectivity index (χ1) is 17.8. The van der Waals surface area contributed by atoms with E-state index in [4.69, 9.17) is 9.47 Å². The summed E-state index contributed by atoms with van der Waals surface area (Å²) in [5.41, 5.74) is 1.02. The Morgan fingerprint density at radius 2 is 1.78 bits per heavy atom. The largest absolute Gasteiger partial charge is 0.507 e. The number of hydrogen-bond acceptors (Lipinski definition) is 8. The fraction of sp³-hybridized carbons (Fsp3) is 0.357. The van der Waals surface area contributed by atoms with Gasteiger partial charge in [-0.15, -0.1) is 10.2 Å². The van der Waals surface area contributed by atoms with Gasteiger partial charge >= 0.3 is 5.91 Å². The molecule has 1 N–H and O–H groups in total. The molecule has 1 aliphatic heterocycles. The molecule has 1 saturated heterocycles. The monoisotopic (exact) mass is 521 g/mol. The molecule has 1 aliphatic rings. The number of ether oxygens (including phenoxy) is 2. The summed E-state index contributed by atoms with van der Waals surface area (Å²) in [6, 6.07) is 13.2. The molecule has 37 heavy (non-hydrogen) atoms. The van der Waals surface area contributed by atoms with Crippen molar-refractivity contribution in [2.75, 3.05) is 18.1 Å². The lowest BCUT2D eigenvalue weighted by Gasteiger charge is -2.23. The predicted octanol–water partition coefficient (Wildman–Crippen LogP) is 5.69. The van der Waals surface area contributed by atoms with Crippen molar-refractivity contribution in [3.63, 3.8) is 0 Å². The van der Waals surface area contributed by atoms with E-state index in [1.807, 2.05) is 25.1 Å². The van der Waals surface area contributed by atoms with Crippen LogP contribution < -0.4 is 14.4 Å². The third-order valence-electron chi connectivity index (χ3n) is 5.90. The SMILES string of the molecule is CCCOc1ccc(C(O)=C2C(=O)C(=O)N(c3nnc(C)s3)C2c2cccc(OCCC(C)C)c2)cc1. The van der Waals surface area contributed by atoms with Crippen LogP contribution in [0, 0.1) is 12.8 Å². The topological polar surface area (TPSA) is 102 Å². The Hall–Kier alpha value is -3.72. The van der Waals surface area contributed by atoms with Gasteiger partial charge in [0.25, 0.3) is 5.78 Å². The zero-order chi connectivity index (χ0) is 26.5. The zero-order valence-corrected chi connectivity index (χ0v) is 22.2.